The number of thiocarbonyl (C=S) groups is 1. The molecule has 110 valence electrons. The van der Waals surface area contributed by atoms with Gasteiger partial charge in [-0.25, -0.2) is 0 Å². The van der Waals surface area contributed by atoms with E-state index in [0.717, 1.165) is 5.69 Å². The number of ether oxygens (including phenoxy) is 1. The summed E-state index contributed by atoms with van der Waals surface area (Å²) in [6.45, 7) is 2.76. The zero-order chi connectivity index (χ0) is 15.2. The number of aryl methyl sites for hydroxylation is 1. The van der Waals surface area contributed by atoms with Crippen LogP contribution in [-0.4, -0.2) is 12.2 Å². The summed E-state index contributed by atoms with van der Waals surface area (Å²) in [6, 6.07) is 13.6. The quantitative estimate of drug-likeness (QED) is 0.829. The molecule has 5 heteroatoms. The Kier molecular flexibility index (Phi) is 5.42. The Morgan fingerprint density at radius 3 is 2.67 bits per heavy atom. The van der Waals surface area contributed by atoms with Crippen LogP contribution in [-0.2, 0) is 6.54 Å². The Bertz CT molecular complexity index is 646. The number of anilines is 1. The number of hydrogen-bond acceptors (Lipinski definition) is 2. The van der Waals surface area contributed by atoms with Crippen LogP contribution in [0.4, 0.5) is 5.69 Å². The Hall–Kier alpha value is -1.78. The minimum atomic E-state index is 0.546. The molecule has 0 spiro atoms. The lowest BCUT2D eigenvalue weighted by Gasteiger charge is -2.13. The Morgan fingerprint density at radius 2 is 2.00 bits per heavy atom. The molecule has 0 radical (unpaired) electrons. The summed E-state index contributed by atoms with van der Waals surface area (Å²) >= 11 is 11.4. The van der Waals surface area contributed by atoms with Gasteiger partial charge in [0.25, 0.3) is 0 Å². The van der Waals surface area contributed by atoms with E-state index in [4.69, 9.17) is 28.6 Å². The fraction of sp³-hybridized carbons (Fsp3) is 0.188. The Labute approximate surface area is 135 Å². The third kappa shape index (κ3) is 4.34. The van der Waals surface area contributed by atoms with Crippen LogP contribution in [0.25, 0.3) is 0 Å². The molecule has 0 bridgehead atoms. The van der Waals surface area contributed by atoms with Crippen LogP contribution >= 0.6 is 23.8 Å². The lowest BCUT2D eigenvalue weighted by molar-refractivity contribution is 0.415. The molecule has 2 rings (SSSR count). The molecule has 0 unspecified atom stereocenters. The highest BCUT2D eigenvalue weighted by Crippen LogP contribution is 2.27. The van der Waals surface area contributed by atoms with Crippen molar-refractivity contribution < 1.29 is 4.74 Å². The Morgan fingerprint density at radius 1 is 1.24 bits per heavy atom. The van der Waals surface area contributed by atoms with Crippen molar-refractivity contribution in [2.45, 2.75) is 13.5 Å². The molecule has 2 aromatic rings. The third-order valence-corrected chi connectivity index (χ3v) is 3.65. The highest BCUT2D eigenvalue weighted by molar-refractivity contribution is 7.80. The molecule has 0 heterocycles. The van der Waals surface area contributed by atoms with Gasteiger partial charge < -0.3 is 15.4 Å². The molecule has 0 atom stereocenters. The van der Waals surface area contributed by atoms with Crippen molar-refractivity contribution >= 4 is 34.6 Å². The summed E-state index contributed by atoms with van der Waals surface area (Å²) in [5, 5.41) is 7.39. The molecule has 3 nitrogen and oxygen atoms in total. The van der Waals surface area contributed by atoms with Crippen molar-refractivity contribution in [2.24, 2.45) is 0 Å². The highest BCUT2D eigenvalue weighted by atomic mass is 35.5. The van der Waals surface area contributed by atoms with E-state index in [1.807, 2.05) is 18.2 Å². The maximum absolute atomic E-state index is 6.08. The van der Waals surface area contributed by atoms with Gasteiger partial charge in [0, 0.05) is 12.2 Å². The Balaban J connectivity index is 1.93. The predicted molar refractivity (Wildman–Crippen MR) is 92.2 cm³/mol. The van der Waals surface area contributed by atoms with Crippen molar-refractivity contribution in [3.05, 3.63) is 58.6 Å². The monoisotopic (exact) mass is 320 g/mol. The van der Waals surface area contributed by atoms with Crippen molar-refractivity contribution in [3.63, 3.8) is 0 Å². The average molecular weight is 321 g/mol. The molecule has 21 heavy (non-hydrogen) atoms. The summed E-state index contributed by atoms with van der Waals surface area (Å²) in [5.74, 6) is 0.640. The van der Waals surface area contributed by atoms with Gasteiger partial charge in [0.1, 0.15) is 5.75 Å². The van der Waals surface area contributed by atoms with E-state index in [1.54, 1.807) is 19.2 Å². The molecule has 0 fully saturated rings. The predicted octanol–water partition coefficient (Wildman–Crippen LogP) is 4.14. The number of hydrogen-bond donors (Lipinski definition) is 2. The molecule has 0 aliphatic rings. The first kappa shape index (κ1) is 15.6. The molecule has 0 aromatic heterocycles. The summed E-state index contributed by atoms with van der Waals surface area (Å²) in [7, 11) is 1.59. The lowest BCUT2D eigenvalue weighted by Crippen LogP contribution is -2.28. The zero-order valence-corrected chi connectivity index (χ0v) is 13.5. The van der Waals surface area contributed by atoms with Crippen molar-refractivity contribution in [3.8, 4) is 5.75 Å². The van der Waals surface area contributed by atoms with E-state index < -0.39 is 0 Å². The molecule has 2 N–H and O–H groups in total. The summed E-state index contributed by atoms with van der Waals surface area (Å²) in [5.41, 5.74) is 3.28. The second-order valence-corrected chi connectivity index (χ2v) is 5.40. The van der Waals surface area contributed by atoms with Crippen LogP contribution in [0.1, 0.15) is 11.1 Å². The molecule has 0 amide bonds. The normalized spacial score (nSPS) is 10.0. The van der Waals surface area contributed by atoms with Gasteiger partial charge in [-0.2, -0.15) is 0 Å². The molecular weight excluding hydrogens is 304 g/mol. The highest BCUT2D eigenvalue weighted by Gasteiger charge is 2.04. The first-order valence-electron chi connectivity index (χ1n) is 6.53. The van der Waals surface area contributed by atoms with Gasteiger partial charge in [0.15, 0.2) is 5.11 Å². The topological polar surface area (TPSA) is 33.3 Å². The van der Waals surface area contributed by atoms with E-state index in [-0.39, 0.29) is 0 Å². The van der Waals surface area contributed by atoms with Gasteiger partial charge >= 0.3 is 0 Å². The zero-order valence-electron chi connectivity index (χ0n) is 11.9. The SMILES string of the molecule is COc1ccc(NC(=S)NCc2ccccc2C)cc1Cl. The van der Waals surface area contributed by atoms with Crippen LogP contribution in [0.3, 0.4) is 0 Å². The molecule has 0 saturated heterocycles. The average Bonchev–Trinajstić information content (AvgIpc) is 2.46. The fourth-order valence-corrected chi connectivity index (χ4v) is 2.35. The van der Waals surface area contributed by atoms with Gasteiger partial charge in [-0.05, 0) is 48.5 Å². The van der Waals surface area contributed by atoms with E-state index in [9.17, 15) is 0 Å². The van der Waals surface area contributed by atoms with E-state index in [0.29, 0.717) is 22.4 Å². The van der Waals surface area contributed by atoms with Crippen LogP contribution in [0.5, 0.6) is 5.75 Å². The maximum atomic E-state index is 6.08. The van der Waals surface area contributed by atoms with E-state index in [1.165, 1.54) is 11.1 Å². The second kappa shape index (κ2) is 7.29. The van der Waals surface area contributed by atoms with Crippen LogP contribution in [0.2, 0.25) is 5.02 Å². The van der Waals surface area contributed by atoms with Crippen molar-refractivity contribution in [1.82, 2.24) is 5.32 Å². The van der Waals surface area contributed by atoms with Gasteiger partial charge in [-0.15, -0.1) is 0 Å². The van der Waals surface area contributed by atoms with Crippen LogP contribution in [0.15, 0.2) is 42.5 Å². The summed E-state index contributed by atoms with van der Waals surface area (Å²) < 4.78 is 5.12. The lowest BCUT2D eigenvalue weighted by atomic mass is 10.1. The van der Waals surface area contributed by atoms with Crippen molar-refractivity contribution in [2.75, 3.05) is 12.4 Å². The first-order valence-corrected chi connectivity index (χ1v) is 7.31. The van der Waals surface area contributed by atoms with Gasteiger partial charge in [-0.3, -0.25) is 0 Å². The summed E-state index contributed by atoms with van der Waals surface area (Å²) in [6.07, 6.45) is 0. The standard InChI is InChI=1S/C16H17ClN2OS/c1-11-5-3-4-6-12(11)10-18-16(21)19-13-7-8-15(20-2)14(17)9-13/h3-9H,10H2,1-2H3,(H2,18,19,21). The molecule has 0 aliphatic heterocycles. The van der Waals surface area contributed by atoms with Crippen molar-refractivity contribution in [1.29, 1.82) is 0 Å². The molecule has 0 aliphatic carbocycles. The molecular formula is C16H17ClN2OS. The first-order chi connectivity index (χ1) is 10.1. The smallest absolute Gasteiger partial charge is 0.171 e. The number of benzene rings is 2. The van der Waals surface area contributed by atoms with Crippen LogP contribution in [0, 0.1) is 6.92 Å². The van der Waals surface area contributed by atoms with E-state index >= 15 is 0 Å². The maximum Gasteiger partial charge on any atom is 0.171 e. The summed E-state index contributed by atoms with van der Waals surface area (Å²) in [4.78, 5) is 0. The van der Waals surface area contributed by atoms with Gasteiger partial charge in [-0.1, -0.05) is 35.9 Å². The number of methoxy groups -OCH3 is 1. The second-order valence-electron chi connectivity index (χ2n) is 4.58. The van der Waals surface area contributed by atoms with Gasteiger partial charge in [0.05, 0.1) is 12.1 Å². The molecule has 0 saturated carbocycles. The minimum Gasteiger partial charge on any atom is -0.495 e. The third-order valence-electron chi connectivity index (χ3n) is 3.11. The number of halogens is 1. The minimum absolute atomic E-state index is 0.546. The largest absolute Gasteiger partial charge is 0.495 e. The molecule has 2 aromatic carbocycles. The van der Waals surface area contributed by atoms with Gasteiger partial charge in [0.2, 0.25) is 0 Å². The number of rotatable bonds is 4. The van der Waals surface area contributed by atoms with E-state index in [2.05, 4.69) is 29.7 Å². The van der Waals surface area contributed by atoms with Crippen LogP contribution < -0.4 is 15.4 Å². The fourth-order valence-electron chi connectivity index (χ4n) is 1.90. The number of nitrogens with one attached hydrogen (secondary N) is 2.